The first-order valence-corrected chi connectivity index (χ1v) is 13.8. The van der Waals surface area contributed by atoms with Gasteiger partial charge < -0.3 is 23.7 Å². The quantitative estimate of drug-likeness (QED) is 0.398. The van der Waals surface area contributed by atoms with Gasteiger partial charge in [0.1, 0.15) is 0 Å². The fraction of sp³-hybridized carbons (Fsp3) is 1.00. The summed E-state index contributed by atoms with van der Waals surface area (Å²) < 4.78 is 29.9. The van der Waals surface area contributed by atoms with Crippen molar-refractivity contribution in [2.45, 2.75) is 121 Å². The summed E-state index contributed by atoms with van der Waals surface area (Å²) in [6.45, 7) is 5.85. The third-order valence-electron chi connectivity index (χ3n) is 9.34. The molecule has 0 aromatic carbocycles. The lowest BCUT2D eigenvalue weighted by Gasteiger charge is -2.32. The van der Waals surface area contributed by atoms with E-state index in [1.54, 1.807) is 0 Å². The average Bonchev–Trinajstić information content (AvgIpc) is 3.65. The van der Waals surface area contributed by atoms with Crippen LogP contribution in [0.1, 0.15) is 84.0 Å². The van der Waals surface area contributed by atoms with Crippen LogP contribution in [0.2, 0.25) is 0 Å². The Labute approximate surface area is 194 Å². The van der Waals surface area contributed by atoms with Gasteiger partial charge in [0.25, 0.3) is 0 Å². The highest BCUT2D eigenvalue weighted by Gasteiger charge is 2.45. The zero-order valence-corrected chi connectivity index (χ0v) is 20.1. The fourth-order valence-electron chi connectivity index (χ4n) is 6.97. The van der Waals surface area contributed by atoms with Gasteiger partial charge in [0.2, 0.25) is 0 Å². The van der Waals surface area contributed by atoms with E-state index in [0.29, 0.717) is 48.5 Å². The molecule has 182 valence electrons. The lowest BCUT2D eigenvalue weighted by Crippen LogP contribution is -2.32. The zero-order valence-electron chi connectivity index (χ0n) is 20.1. The summed E-state index contributed by atoms with van der Waals surface area (Å²) >= 11 is 0. The third-order valence-corrected chi connectivity index (χ3v) is 9.34. The molecule has 0 radical (unpaired) electrons. The Kier molecular flexibility index (Phi) is 6.58. The van der Waals surface area contributed by atoms with Crippen LogP contribution in [-0.4, -0.2) is 63.1 Å². The van der Waals surface area contributed by atoms with Gasteiger partial charge in [-0.1, -0.05) is 19.8 Å². The molecule has 9 unspecified atom stereocenters. The van der Waals surface area contributed by atoms with E-state index in [1.165, 1.54) is 77.0 Å². The smallest absolute Gasteiger partial charge is 0.0845 e. The molecule has 0 amide bonds. The van der Waals surface area contributed by atoms with E-state index < -0.39 is 0 Å². The molecular formula is C27H44O5. The van der Waals surface area contributed by atoms with Crippen LogP contribution in [0.25, 0.3) is 0 Å². The molecule has 0 bridgehead atoms. The van der Waals surface area contributed by atoms with Crippen molar-refractivity contribution in [3.63, 3.8) is 0 Å². The van der Waals surface area contributed by atoms with Gasteiger partial charge in [0.15, 0.2) is 0 Å². The molecule has 3 aliphatic carbocycles. The number of hydrogen-bond donors (Lipinski definition) is 0. The molecule has 3 saturated heterocycles. The summed E-state index contributed by atoms with van der Waals surface area (Å²) in [6, 6.07) is 0. The summed E-state index contributed by atoms with van der Waals surface area (Å²) in [4.78, 5) is 0. The Morgan fingerprint density at radius 2 is 1.09 bits per heavy atom. The normalized spacial score (nSPS) is 45.8. The van der Waals surface area contributed by atoms with Gasteiger partial charge in [-0.2, -0.15) is 0 Å². The third kappa shape index (κ3) is 5.71. The zero-order chi connectivity index (χ0) is 21.5. The van der Waals surface area contributed by atoms with Crippen molar-refractivity contribution in [3.05, 3.63) is 0 Å². The van der Waals surface area contributed by atoms with E-state index in [1.807, 2.05) is 0 Å². The highest BCUT2D eigenvalue weighted by atomic mass is 16.6. The Hall–Kier alpha value is -0.200. The maximum Gasteiger partial charge on any atom is 0.0845 e. The van der Waals surface area contributed by atoms with Crippen molar-refractivity contribution in [1.82, 2.24) is 0 Å². The minimum absolute atomic E-state index is 0.119. The van der Waals surface area contributed by atoms with Crippen LogP contribution in [0.4, 0.5) is 0 Å². The molecule has 0 aromatic rings. The molecule has 0 N–H and O–H groups in total. The first-order chi connectivity index (χ1) is 15.6. The summed E-state index contributed by atoms with van der Waals surface area (Å²) in [7, 11) is 0. The van der Waals surface area contributed by atoms with Crippen LogP contribution in [0, 0.1) is 23.2 Å². The van der Waals surface area contributed by atoms with E-state index in [4.69, 9.17) is 23.7 Å². The molecule has 0 spiro atoms. The molecule has 10 atom stereocenters. The molecule has 32 heavy (non-hydrogen) atoms. The summed E-state index contributed by atoms with van der Waals surface area (Å²) in [5.41, 5.74) is 0.119. The molecule has 6 fully saturated rings. The molecule has 6 rings (SSSR count). The predicted molar refractivity (Wildman–Crippen MR) is 122 cm³/mol. The number of rotatable bonds is 12. The fourth-order valence-corrected chi connectivity index (χ4v) is 6.97. The summed E-state index contributed by atoms with van der Waals surface area (Å²) in [5.74, 6) is 2.24. The van der Waals surface area contributed by atoms with Crippen molar-refractivity contribution < 1.29 is 23.7 Å². The first-order valence-electron chi connectivity index (χ1n) is 13.8. The van der Waals surface area contributed by atoms with Crippen LogP contribution >= 0.6 is 0 Å². The van der Waals surface area contributed by atoms with Crippen molar-refractivity contribution >= 4 is 0 Å². The van der Waals surface area contributed by atoms with Gasteiger partial charge in [0, 0.05) is 18.6 Å². The maximum absolute atomic E-state index is 6.36. The monoisotopic (exact) mass is 448 g/mol. The van der Waals surface area contributed by atoms with Crippen LogP contribution in [0.15, 0.2) is 0 Å². The van der Waals surface area contributed by atoms with E-state index in [2.05, 4.69) is 6.92 Å². The Bertz CT molecular complexity index is 556. The van der Waals surface area contributed by atoms with E-state index in [9.17, 15) is 0 Å². The van der Waals surface area contributed by atoms with E-state index in [-0.39, 0.29) is 5.41 Å². The van der Waals surface area contributed by atoms with Crippen molar-refractivity contribution in [1.29, 1.82) is 0 Å². The second-order valence-corrected chi connectivity index (χ2v) is 12.4. The second kappa shape index (κ2) is 9.45. The topological polar surface area (TPSA) is 56.0 Å². The van der Waals surface area contributed by atoms with E-state index >= 15 is 0 Å². The van der Waals surface area contributed by atoms with Gasteiger partial charge in [0.05, 0.1) is 49.8 Å². The summed E-state index contributed by atoms with van der Waals surface area (Å²) in [6.07, 6.45) is 18.7. The predicted octanol–water partition coefficient (Wildman–Crippen LogP) is 4.90. The van der Waals surface area contributed by atoms with Crippen molar-refractivity contribution in [2.75, 3.05) is 26.4 Å². The Morgan fingerprint density at radius 1 is 0.625 bits per heavy atom. The molecule has 0 aromatic heterocycles. The van der Waals surface area contributed by atoms with Crippen LogP contribution in [0.3, 0.4) is 0 Å². The molecule has 3 aliphatic heterocycles. The highest BCUT2D eigenvalue weighted by Crippen LogP contribution is 2.43. The van der Waals surface area contributed by atoms with Crippen LogP contribution < -0.4 is 0 Å². The second-order valence-electron chi connectivity index (χ2n) is 12.4. The minimum Gasteiger partial charge on any atom is -0.381 e. The van der Waals surface area contributed by atoms with Gasteiger partial charge >= 0.3 is 0 Å². The Balaban J connectivity index is 0.946. The largest absolute Gasteiger partial charge is 0.381 e. The average molecular weight is 449 g/mol. The van der Waals surface area contributed by atoms with Crippen molar-refractivity contribution in [2.24, 2.45) is 23.2 Å². The van der Waals surface area contributed by atoms with E-state index in [0.717, 1.165) is 32.3 Å². The molecule has 5 nitrogen and oxygen atoms in total. The van der Waals surface area contributed by atoms with Gasteiger partial charge in [-0.25, -0.2) is 0 Å². The van der Waals surface area contributed by atoms with Gasteiger partial charge in [-0.3, -0.25) is 0 Å². The number of fused-ring (bicyclic) bond motifs is 3. The lowest BCUT2D eigenvalue weighted by atomic mass is 9.81. The minimum atomic E-state index is 0.119. The lowest BCUT2D eigenvalue weighted by molar-refractivity contribution is -0.0384. The molecule has 5 heteroatoms. The van der Waals surface area contributed by atoms with Crippen LogP contribution in [-0.2, 0) is 23.7 Å². The van der Waals surface area contributed by atoms with Crippen molar-refractivity contribution in [3.8, 4) is 0 Å². The first kappa shape index (κ1) is 22.3. The Morgan fingerprint density at radius 3 is 1.59 bits per heavy atom. The highest BCUT2D eigenvalue weighted by molar-refractivity contribution is 4.93. The number of hydrogen-bond acceptors (Lipinski definition) is 5. The molecule has 3 heterocycles. The molecule has 6 aliphatic rings. The van der Waals surface area contributed by atoms with Gasteiger partial charge in [-0.05, 0) is 82.0 Å². The summed E-state index contributed by atoms with van der Waals surface area (Å²) in [5, 5.41) is 0. The number of ether oxygens (including phenoxy) is 5. The van der Waals surface area contributed by atoms with Crippen LogP contribution in [0.5, 0.6) is 0 Å². The standard InChI is InChI=1S/C27H44O5/c1-27(10-2-3-18-4-7-21-24(11-18)30-21,16-28-14-19-5-8-22-25(12-19)31-22)17-29-15-20-6-9-23-26(13-20)32-23/h18-26H,2-17H2,1H3/t18?,19?,20?,21?,22-,23?,24?,25?,26?,27?/m0/s1. The molecule has 3 saturated carbocycles. The SMILES string of the molecule is CC(CCCC1CCC2OC2C1)(COCC1CCC2OC2C1)COCC1CC[C@@H]2OC2C1. The molecular weight excluding hydrogens is 404 g/mol. The number of epoxide rings is 3. The van der Waals surface area contributed by atoms with Gasteiger partial charge in [-0.15, -0.1) is 0 Å². The maximum atomic E-state index is 6.36.